The predicted octanol–water partition coefficient (Wildman–Crippen LogP) is 1.31. The Morgan fingerprint density at radius 1 is 1.16 bits per heavy atom. The van der Waals surface area contributed by atoms with E-state index in [1.54, 1.807) is 0 Å². The minimum absolute atomic E-state index is 0.202. The molecule has 0 aromatic carbocycles. The van der Waals surface area contributed by atoms with Gasteiger partial charge in [-0.1, -0.05) is 19.8 Å². The molecule has 1 fully saturated rings. The molecule has 0 saturated carbocycles. The van der Waals surface area contributed by atoms with Gasteiger partial charge in [-0.05, 0) is 26.0 Å². The smallest absolute Gasteiger partial charge is 0.0987 e. The van der Waals surface area contributed by atoms with Gasteiger partial charge in [-0.25, -0.2) is 0 Å². The summed E-state index contributed by atoms with van der Waals surface area (Å²) in [4.78, 5) is 4.44. The molecule has 1 unspecified atom stereocenters. The zero-order valence-corrected chi connectivity index (χ0v) is 12.7. The quantitative estimate of drug-likeness (QED) is 0.596. The van der Waals surface area contributed by atoms with Crippen LogP contribution in [0.1, 0.15) is 27.7 Å². The van der Waals surface area contributed by atoms with Crippen LogP contribution in [0.3, 0.4) is 0 Å². The van der Waals surface area contributed by atoms with E-state index in [1.165, 1.54) is 0 Å². The van der Waals surface area contributed by atoms with Crippen LogP contribution >= 0.6 is 0 Å². The molecule has 4 heteroatoms. The number of nitrogens with zero attached hydrogens (tertiary/aromatic N) is 2. The van der Waals surface area contributed by atoms with Gasteiger partial charge in [0.25, 0.3) is 0 Å². The minimum atomic E-state index is 0.202. The van der Waals surface area contributed by atoms with Crippen molar-refractivity contribution in [3.05, 3.63) is 23.7 Å². The van der Waals surface area contributed by atoms with Crippen molar-refractivity contribution in [1.82, 2.24) is 9.80 Å². The van der Waals surface area contributed by atoms with Crippen molar-refractivity contribution in [2.45, 2.75) is 33.7 Å². The first-order chi connectivity index (χ1) is 9.04. The molecule has 0 spiro atoms. The van der Waals surface area contributed by atoms with E-state index in [0.29, 0.717) is 0 Å². The summed E-state index contributed by atoms with van der Waals surface area (Å²) in [5.41, 5.74) is 12.3. The van der Waals surface area contributed by atoms with Crippen LogP contribution in [-0.4, -0.2) is 42.0 Å². The average molecular weight is 264 g/mol. The van der Waals surface area contributed by atoms with Gasteiger partial charge in [0.05, 0.1) is 11.9 Å². The van der Waals surface area contributed by atoms with Crippen LogP contribution in [0.25, 0.3) is 0 Å². The van der Waals surface area contributed by atoms with Crippen molar-refractivity contribution in [2.75, 3.05) is 26.2 Å². The monoisotopic (exact) mass is 264 g/mol. The molecular formula is C15H28N4. The highest BCUT2D eigenvalue weighted by atomic mass is 15.3. The summed E-state index contributed by atoms with van der Waals surface area (Å²) in [7, 11) is 0. The van der Waals surface area contributed by atoms with Gasteiger partial charge in [0.2, 0.25) is 0 Å². The number of hydrogen-bond acceptors (Lipinski definition) is 4. The number of hydrogen-bond donors (Lipinski definition) is 2. The topological polar surface area (TPSA) is 58.5 Å². The second kappa shape index (κ2) is 9.35. The van der Waals surface area contributed by atoms with Crippen LogP contribution in [0.4, 0.5) is 0 Å². The van der Waals surface area contributed by atoms with Crippen LogP contribution < -0.4 is 11.5 Å². The van der Waals surface area contributed by atoms with E-state index in [9.17, 15) is 0 Å². The Morgan fingerprint density at radius 2 is 1.68 bits per heavy atom. The van der Waals surface area contributed by atoms with Crippen LogP contribution in [0.15, 0.2) is 23.7 Å². The zero-order chi connectivity index (χ0) is 14.8. The van der Waals surface area contributed by atoms with Gasteiger partial charge >= 0.3 is 0 Å². The van der Waals surface area contributed by atoms with E-state index in [1.807, 2.05) is 32.9 Å². The highest BCUT2D eigenvalue weighted by molar-refractivity contribution is 5.13. The molecule has 0 aliphatic carbocycles. The maximum Gasteiger partial charge on any atom is 0.0987 e. The molecule has 0 radical (unpaired) electrons. The fourth-order valence-corrected chi connectivity index (χ4v) is 1.80. The molecule has 0 aromatic heterocycles. The van der Waals surface area contributed by atoms with Gasteiger partial charge in [-0.15, -0.1) is 6.42 Å². The Hall–Kier alpha value is -1.60. The van der Waals surface area contributed by atoms with Crippen molar-refractivity contribution in [3.63, 3.8) is 0 Å². The second-order valence-corrected chi connectivity index (χ2v) is 4.37. The van der Waals surface area contributed by atoms with E-state index in [4.69, 9.17) is 17.9 Å². The molecular weight excluding hydrogens is 236 g/mol. The molecule has 4 N–H and O–H groups in total. The molecule has 4 nitrogen and oxygen atoms in total. The second-order valence-electron chi connectivity index (χ2n) is 4.37. The number of piperazine rings is 1. The van der Waals surface area contributed by atoms with Crippen molar-refractivity contribution in [3.8, 4) is 12.3 Å². The maximum absolute atomic E-state index is 5.98. The maximum atomic E-state index is 5.98. The lowest BCUT2D eigenvalue weighted by Gasteiger charge is -2.37. The summed E-state index contributed by atoms with van der Waals surface area (Å²) >= 11 is 0. The SMILES string of the molecule is C#CC(C)N1CCN(/C(N)=C/C=C(/C)N)CC1.CC. The molecule has 1 aliphatic rings. The van der Waals surface area contributed by atoms with Crippen LogP contribution in [0.2, 0.25) is 0 Å². The third-order valence-electron chi connectivity index (χ3n) is 2.99. The van der Waals surface area contributed by atoms with Crippen molar-refractivity contribution >= 4 is 0 Å². The summed E-state index contributed by atoms with van der Waals surface area (Å²) in [6.07, 6.45) is 9.10. The largest absolute Gasteiger partial charge is 0.402 e. The van der Waals surface area contributed by atoms with Gasteiger partial charge in [-0.3, -0.25) is 4.90 Å². The first-order valence-corrected chi connectivity index (χ1v) is 6.89. The molecule has 0 aromatic rings. The highest BCUT2D eigenvalue weighted by Crippen LogP contribution is 2.08. The lowest BCUT2D eigenvalue weighted by molar-refractivity contribution is 0.143. The fourth-order valence-electron chi connectivity index (χ4n) is 1.80. The highest BCUT2D eigenvalue weighted by Gasteiger charge is 2.19. The molecule has 0 bridgehead atoms. The third kappa shape index (κ3) is 6.21. The van der Waals surface area contributed by atoms with Gasteiger partial charge in [0.1, 0.15) is 0 Å². The van der Waals surface area contributed by atoms with Gasteiger partial charge < -0.3 is 16.4 Å². The summed E-state index contributed by atoms with van der Waals surface area (Å²) in [6, 6.07) is 0.202. The molecule has 1 rings (SSSR count). The van der Waals surface area contributed by atoms with Gasteiger partial charge in [0, 0.05) is 31.9 Å². The minimum Gasteiger partial charge on any atom is -0.402 e. The molecule has 1 atom stereocenters. The molecule has 0 amide bonds. The zero-order valence-electron chi connectivity index (χ0n) is 12.7. The Bertz CT molecular complexity index is 340. The molecule has 108 valence electrons. The van der Waals surface area contributed by atoms with E-state index >= 15 is 0 Å². The van der Waals surface area contributed by atoms with Crippen molar-refractivity contribution in [2.24, 2.45) is 11.5 Å². The number of nitrogens with two attached hydrogens (primary N) is 2. The first-order valence-electron chi connectivity index (χ1n) is 6.89. The molecule has 1 aliphatic heterocycles. The summed E-state index contributed by atoms with van der Waals surface area (Å²) < 4.78 is 0. The third-order valence-corrected chi connectivity index (χ3v) is 2.99. The van der Waals surface area contributed by atoms with E-state index in [2.05, 4.69) is 22.6 Å². The van der Waals surface area contributed by atoms with Crippen LogP contribution in [0.5, 0.6) is 0 Å². The standard InChI is InChI=1S/C13H22N4.C2H6/c1-4-12(3)16-7-9-17(10-8-16)13(15)6-5-11(2)14;1-2/h1,5-6,12H,7-10,14-15H2,2-3H3;1-2H3/b11-5-,13-6+;. The Labute approximate surface area is 118 Å². The molecule has 1 heterocycles. The normalized spacial score (nSPS) is 19.2. The number of rotatable bonds is 3. The first kappa shape index (κ1) is 17.4. The summed E-state index contributed by atoms with van der Waals surface area (Å²) in [6.45, 7) is 11.6. The van der Waals surface area contributed by atoms with E-state index in [0.717, 1.165) is 37.7 Å². The number of terminal acetylenes is 1. The fraction of sp³-hybridized carbons (Fsp3) is 0.600. The van der Waals surface area contributed by atoms with Crippen LogP contribution in [0, 0.1) is 12.3 Å². The van der Waals surface area contributed by atoms with Crippen molar-refractivity contribution < 1.29 is 0 Å². The Kier molecular flexibility index (Phi) is 8.56. The van der Waals surface area contributed by atoms with Crippen LogP contribution in [-0.2, 0) is 0 Å². The predicted molar refractivity (Wildman–Crippen MR) is 83.0 cm³/mol. The van der Waals surface area contributed by atoms with E-state index in [-0.39, 0.29) is 6.04 Å². The Morgan fingerprint density at radius 3 is 2.11 bits per heavy atom. The lowest BCUT2D eigenvalue weighted by atomic mass is 10.2. The average Bonchev–Trinajstić information content (AvgIpc) is 2.46. The number of allylic oxidation sites excluding steroid dienone is 3. The molecule has 1 saturated heterocycles. The summed E-state index contributed by atoms with van der Waals surface area (Å²) in [5, 5.41) is 0. The molecule has 19 heavy (non-hydrogen) atoms. The summed E-state index contributed by atoms with van der Waals surface area (Å²) in [5.74, 6) is 3.52. The van der Waals surface area contributed by atoms with Gasteiger partial charge in [-0.2, -0.15) is 0 Å². The van der Waals surface area contributed by atoms with Gasteiger partial charge in [0.15, 0.2) is 0 Å². The van der Waals surface area contributed by atoms with Crippen molar-refractivity contribution in [1.29, 1.82) is 0 Å². The van der Waals surface area contributed by atoms with E-state index < -0.39 is 0 Å². The Balaban J connectivity index is 0.00000154. The lowest BCUT2D eigenvalue weighted by Crippen LogP contribution is -2.49.